The van der Waals surface area contributed by atoms with Gasteiger partial charge in [-0.1, -0.05) is 22.9 Å². The number of nitriles is 1. The maximum atomic E-state index is 12.6. The molecule has 1 fully saturated rings. The van der Waals surface area contributed by atoms with Crippen LogP contribution in [-0.2, 0) is 16.6 Å². The lowest BCUT2D eigenvalue weighted by Crippen LogP contribution is -2.22. The molecule has 1 aliphatic rings. The summed E-state index contributed by atoms with van der Waals surface area (Å²) in [5.41, 5.74) is 1.58. The average Bonchev–Trinajstić information content (AvgIpc) is 3.53. The number of amides is 2. The molecule has 1 aliphatic carbocycles. The summed E-state index contributed by atoms with van der Waals surface area (Å²) in [6.07, 6.45) is 1.18. The molecule has 11 nitrogen and oxygen atoms in total. The fraction of sp³-hybridized carbons (Fsp3) is 0.318. The van der Waals surface area contributed by atoms with E-state index in [1.807, 2.05) is 6.92 Å². The molecule has 3 heterocycles. The van der Waals surface area contributed by atoms with Crippen molar-refractivity contribution in [1.29, 1.82) is 5.26 Å². The molecule has 1 unspecified atom stereocenters. The Morgan fingerprint density at radius 3 is 2.65 bits per heavy atom. The number of nitrogens with zero attached hydrogens (tertiary/aromatic N) is 6. The Morgan fingerprint density at radius 2 is 2.03 bits per heavy atom. The van der Waals surface area contributed by atoms with Crippen molar-refractivity contribution in [3.05, 3.63) is 46.9 Å². The molecular formula is C22H21ClN8O3. The van der Waals surface area contributed by atoms with Crippen molar-refractivity contribution in [3.8, 4) is 17.5 Å². The minimum atomic E-state index is -0.933. The number of pyridine rings is 2. The van der Waals surface area contributed by atoms with Crippen molar-refractivity contribution >= 4 is 35.1 Å². The molecule has 34 heavy (non-hydrogen) atoms. The Kier molecular flexibility index (Phi) is 6.17. The number of halogens is 1. The van der Waals surface area contributed by atoms with Crippen LogP contribution in [0.1, 0.15) is 37.1 Å². The van der Waals surface area contributed by atoms with Gasteiger partial charge < -0.3 is 10.1 Å². The molecule has 1 saturated carbocycles. The van der Waals surface area contributed by atoms with E-state index in [1.165, 1.54) is 10.9 Å². The zero-order valence-corrected chi connectivity index (χ0v) is 19.4. The standard InChI is InChI=1S/C22H21ClN8O3/c1-12-4-6-15(18(23)26-12)13(2)34-21(33)28-19-17(29-30-31(19)3)16-7-5-14(10-25-16)27-20(32)22(11-24)8-9-22/h4-7,10,13H,8-9H2,1-3H3,(H,27,32)(H,28,33). The highest BCUT2D eigenvalue weighted by Crippen LogP contribution is 2.45. The number of rotatable bonds is 6. The molecule has 2 N–H and O–H groups in total. The lowest BCUT2D eigenvalue weighted by atomic mass is 10.1. The van der Waals surface area contributed by atoms with Gasteiger partial charge in [0, 0.05) is 18.3 Å². The number of anilines is 2. The Morgan fingerprint density at radius 1 is 1.26 bits per heavy atom. The lowest BCUT2D eigenvalue weighted by Gasteiger charge is -2.15. The van der Waals surface area contributed by atoms with Gasteiger partial charge in [0.25, 0.3) is 0 Å². The summed E-state index contributed by atoms with van der Waals surface area (Å²) in [6, 6.07) is 8.85. The van der Waals surface area contributed by atoms with Crippen molar-refractivity contribution in [3.63, 3.8) is 0 Å². The number of ether oxygens (including phenoxy) is 1. The third kappa shape index (κ3) is 4.67. The van der Waals surface area contributed by atoms with Crippen molar-refractivity contribution in [1.82, 2.24) is 25.0 Å². The van der Waals surface area contributed by atoms with Crippen molar-refractivity contribution in [2.75, 3.05) is 10.6 Å². The molecule has 12 heteroatoms. The lowest BCUT2D eigenvalue weighted by molar-refractivity contribution is -0.119. The van der Waals surface area contributed by atoms with Crippen LogP contribution in [-0.4, -0.2) is 37.0 Å². The van der Waals surface area contributed by atoms with Crippen LogP contribution in [0.25, 0.3) is 11.4 Å². The predicted octanol–water partition coefficient (Wildman–Crippen LogP) is 3.79. The van der Waals surface area contributed by atoms with Gasteiger partial charge in [0.05, 0.1) is 23.6 Å². The monoisotopic (exact) mass is 480 g/mol. The quantitative estimate of drug-likeness (QED) is 0.506. The van der Waals surface area contributed by atoms with E-state index in [1.54, 1.807) is 38.2 Å². The van der Waals surface area contributed by atoms with Crippen molar-refractivity contribution < 1.29 is 14.3 Å². The zero-order valence-electron chi connectivity index (χ0n) is 18.7. The molecule has 1 atom stereocenters. The molecule has 0 radical (unpaired) electrons. The second-order valence-corrected chi connectivity index (χ2v) is 8.35. The first-order valence-corrected chi connectivity index (χ1v) is 10.8. The molecule has 3 aromatic heterocycles. The fourth-order valence-corrected chi connectivity index (χ4v) is 3.58. The Hall–Kier alpha value is -4.04. The minimum absolute atomic E-state index is 0.266. The second-order valence-electron chi connectivity index (χ2n) is 8.00. The van der Waals surface area contributed by atoms with Gasteiger partial charge in [0.15, 0.2) is 11.5 Å². The Balaban J connectivity index is 1.45. The van der Waals surface area contributed by atoms with Crippen molar-refractivity contribution in [2.24, 2.45) is 12.5 Å². The first kappa shape index (κ1) is 23.1. The molecule has 0 saturated heterocycles. The van der Waals surface area contributed by atoms with E-state index in [-0.39, 0.29) is 16.9 Å². The minimum Gasteiger partial charge on any atom is -0.441 e. The molecule has 2 amide bonds. The Labute approximate surface area is 200 Å². The summed E-state index contributed by atoms with van der Waals surface area (Å²) in [6.45, 7) is 3.50. The van der Waals surface area contributed by atoms with E-state index in [0.29, 0.717) is 35.5 Å². The number of nitrogens with one attached hydrogen (secondary N) is 2. The summed E-state index contributed by atoms with van der Waals surface area (Å²) < 4.78 is 6.83. The zero-order chi connectivity index (χ0) is 24.5. The van der Waals surface area contributed by atoms with Crippen LogP contribution in [0.15, 0.2) is 30.5 Å². The van der Waals surface area contributed by atoms with E-state index >= 15 is 0 Å². The molecule has 0 spiro atoms. The highest BCUT2D eigenvalue weighted by atomic mass is 35.5. The molecule has 3 aromatic rings. The number of aryl methyl sites for hydroxylation is 2. The third-order valence-electron chi connectivity index (χ3n) is 5.45. The van der Waals surface area contributed by atoms with Crippen LogP contribution < -0.4 is 10.6 Å². The first-order valence-electron chi connectivity index (χ1n) is 10.4. The maximum absolute atomic E-state index is 12.6. The Bertz CT molecular complexity index is 1290. The average molecular weight is 481 g/mol. The van der Waals surface area contributed by atoms with Gasteiger partial charge in [0.2, 0.25) is 5.91 Å². The molecule has 0 aromatic carbocycles. The predicted molar refractivity (Wildman–Crippen MR) is 123 cm³/mol. The smallest absolute Gasteiger partial charge is 0.413 e. The van der Waals surface area contributed by atoms with Crippen LogP contribution >= 0.6 is 11.6 Å². The molecule has 0 bridgehead atoms. The second kappa shape index (κ2) is 9.07. The van der Waals surface area contributed by atoms with Gasteiger partial charge in [-0.2, -0.15) is 5.26 Å². The number of aromatic nitrogens is 5. The highest BCUT2D eigenvalue weighted by Gasteiger charge is 2.50. The van der Waals surface area contributed by atoms with E-state index < -0.39 is 17.6 Å². The summed E-state index contributed by atoms with van der Waals surface area (Å²) in [5, 5.41) is 22.8. The number of carbonyl (C=O) groups is 2. The summed E-state index contributed by atoms with van der Waals surface area (Å²) in [5.74, 6) is -0.0665. The van der Waals surface area contributed by atoms with Gasteiger partial charge in [0.1, 0.15) is 16.7 Å². The van der Waals surface area contributed by atoms with E-state index in [0.717, 1.165) is 5.69 Å². The van der Waals surface area contributed by atoms with Crippen LogP contribution in [0, 0.1) is 23.7 Å². The van der Waals surface area contributed by atoms with Gasteiger partial charge in [-0.25, -0.2) is 14.5 Å². The number of hydrogen-bond donors (Lipinski definition) is 2. The number of hydrogen-bond acceptors (Lipinski definition) is 8. The van der Waals surface area contributed by atoms with E-state index in [9.17, 15) is 9.59 Å². The van der Waals surface area contributed by atoms with Gasteiger partial charge in [-0.3, -0.25) is 15.1 Å². The van der Waals surface area contributed by atoms with Gasteiger partial charge >= 0.3 is 6.09 Å². The molecule has 4 rings (SSSR count). The van der Waals surface area contributed by atoms with Crippen LogP contribution in [0.4, 0.5) is 16.3 Å². The highest BCUT2D eigenvalue weighted by molar-refractivity contribution is 6.30. The molecule has 0 aliphatic heterocycles. The van der Waals surface area contributed by atoms with Crippen LogP contribution in [0.5, 0.6) is 0 Å². The normalized spacial score (nSPS) is 14.6. The van der Waals surface area contributed by atoms with Crippen LogP contribution in [0.2, 0.25) is 5.15 Å². The molecule has 174 valence electrons. The van der Waals surface area contributed by atoms with E-state index in [4.69, 9.17) is 21.6 Å². The fourth-order valence-electron chi connectivity index (χ4n) is 3.23. The van der Waals surface area contributed by atoms with E-state index in [2.05, 4.69) is 37.0 Å². The van der Waals surface area contributed by atoms with Crippen molar-refractivity contribution in [2.45, 2.75) is 32.8 Å². The largest absolute Gasteiger partial charge is 0.441 e. The van der Waals surface area contributed by atoms with Crippen LogP contribution in [0.3, 0.4) is 0 Å². The maximum Gasteiger partial charge on any atom is 0.413 e. The molecular weight excluding hydrogens is 460 g/mol. The summed E-state index contributed by atoms with van der Waals surface area (Å²) >= 11 is 6.16. The first-order chi connectivity index (χ1) is 16.2. The third-order valence-corrected chi connectivity index (χ3v) is 5.75. The van der Waals surface area contributed by atoms with Gasteiger partial charge in [-0.15, -0.1) is 5.10 Å². The summed E-state index contributed by atoms with van der Waals surface area (Å²) in [4.78, 5) is 33.3. The van der Waals surface area contributed by atoms with Gasteiger partial charge in [-0.05, 0) is 44.9 Å². The number of carbonyl (C=O) groups excluding carboxylic acids is 2. The summed E-state index contributed by atoms with van der Waals surface area (Å²) in [7, 11) is 1.61. The topological polar surface area (TPSA) is 148 Å². The SMILES string of the molecule is Cc1ccc(C(C)OC(=O)Nc2c(-c3ccc(NC(=O)C4(C#N)CC4)cn3)nnn2C)c(Cl)n1.